The first kappa shape index (κ1) is 13.2. The van der Waals surface area contributed by atoms with Crippen LogP contribution < -0.4 is 11.1 Å². The first-order valence-corrected chi connectivity index (χ1v) is 5.94. The lowest BCUT2D eigenvalue weighted by molar-refractivity contribution is 0.629. The van der Waals surface area contributed by atoms with Gasteiger partial charge < -0.3 is 11.1 Å². The first-order chi connectivity index (χ1) is 8.45. The summed E-state index contributed by atoms with van der Waals surface area (Å²) in [6.07, 6.45) is 0. The highest BCUT2D eigenvalue weighted by molar-refractivity contribution is 6.35. The average molecular weight is 307 g/mol. The van der Waals surface area contributed by atoms with Gasteiger partial charge >= 0.3 is 0 Å². The number of nitrogen functional groups attached to an aromatic ring is 1. The molecule has 0 bridgehead atoms. The number of nitrogens with two attached hydrogens (primary N) is 1. The molecule has 1 heterocycles. The Bertz CT molecular complexity index is 561. The molecule has 1 aromatic carbocycles. The molecule has 7 heteroatoms. The van der Waals surface area contributed by atoms with E-state index in [0.717, 1.165) is 0 Å². The Hall–Kier alpha value is -1.23. The molecule has 0 aliphatic rings. The van der Waals surface area contributed by atoms with Crippen molar-refractivity contribution in [2.75, 3.05) is 11.1 Å². The molecule has 1 aromatic heterocycles. The quantitative estimate of drug-likeness (QED) is 0.634. The number of benzene rings is 1. The summed E-state index contributed by atoms with van der Waals surface area (Å²) in [6.45, 7) is 0. The highest BCUT2D eigenvalue weighted by Gasteiger charge is 2.08. The monoisotopic (exact) mass is 305 g/mol. The average Bonchev–Trinajstić information content (AvgIpc) is 2.24. The van der Waals surface area contributed by atoms with Crippen molar-refractivity contribution in [3.63, 3.8) is 0 Å². The summed E-state index contributed by atoms with van der Waals surface area (Å²) in [5, 5.41) is 2.96. The van der Waals surface area contributed by atoms with Crippen molar-refractivity contribution in [3.05, 3.63) is 45.3 Å². The van der Waals surface area contributed by atoms with E-state index in [4.69, 9.17) is 40.5 Å². The van der Waals surface area contributed by atoms with E-state index < -0.39 is 5.82 Å². The van der Waals surface area contributed by atoms with Gasteiger partial charge in [0.1, 0.15) is 11.0 Å². The second kappa shape index (κ2) is 5.18. The minimum Gasteiger partial charge on any atom is -0.399 e. The van der Waals surface area contributed by atoms with Crippen LogP contribution in [0.15, 0.2) is 24.3 Å². The van der Waals surface area contributed by atoms with Gasteiger partial charge in [-0.3, -0.25) is 0 Å². The van der Waals surface area contributed by atoms with Crippen LogP contribution in [-0.2, 0) is 0 Å². The Morgan fingerprint density at radius 2 is 1.67 bits per heavy atom. The second-order valence-corrected chi connectivity index (χ2v) is 4.69. The maximum atomic E-state index is 13.2. The molecule has 2 rings (SSSR count). The van der Waals surface area contributed by atoms with Crippen LogP contribution in [0.5, 0.6) is 0 Å². The normalized spacial score (nSPS) is 10.4. The summed E-state index contributed by atoms with van der Waals surface area (Å²) in [6, 6.07) is 5.87. The summed E-state index contributed by atoms with van der Waals surface area (Å²) in [4.78, 5) is 4.01. The zero-order valence-electron chi connectivity index (χ0n) is 8.85. The summed E-state index contributed by atoms with van der Waals surface area (Å²) in [5.74, 6) is -0.249. The maximum Gasteiger partial charge on any atom is 0.160 e. The van der Waals surface area contributed by atoms with Crippen LogP contribution in [0.2, 0.25) is 15.2 Å². The summed E-state index contributed by atoms with van der Waals surface area (Å²) in [5.41, 5.74) is 6.56. The van der Waals surface area contributed by atoms with Crippen LogP contribution in [0.1, 0.15) is 0 Å². The van der Waals surface area contributed by atoms with Crippen molar-refractivity contribution in [1.82, 2.24) is 4.98 Å². The van der Waals surface area contributed by atoms with E-state index in [9.17, 15) is 4.39 Å². The van der Waals surface area contributed by atoms with Gasteiger partial charge in [0.25, 0.3) is 0 Å². The van der Waals surface area contributed by atoms with Gasteiger partial charge in [0, 0.05) is 17.4 Å². The van der Waals surface area contributed by atoms with E-state index in [1.54, 1.807) is 6.07 Å². The number of rotatable bonds is 2. The fourth-order valence-electron chi connectivity index (χ4n) is 1.36. The molecular weight excluding hydrogens is 299 g/mol. The van der Waals surface area contributed by atoms with Crippen molar-refractivity contribution in [1.29, 1.82) is 0 Å². The van der Waals surface area contributed by atoms with Crippen molar-refractivity contribution in [2.45, 2.75) is 0 Å². The van der Waals surface area contributed by atoms with Gasteiger partial charge in [-0.1, -0.05) is 34.8 Å². The van der Waals surface area contributed by atoms with E-state index in [2.05, 4.69) is 10.3 Å². The third-order valence-corrected chi connectivity index (χ3v) is 2.82. The Balaban J connectivity index is 2.34. The third-order valence-electron chi connectivity index (χ3n) is 2.07. The maximum absolute atomic E-state index is 13.2. The van der Waals surface area contributed by atoms with Crippen LogP contribution in [0.4, 0.5) is 21.6 Å². The molecule has 0 spiro atoms. The zero-order valence-corrected chi connectivity index (χ0v) is 11.1. The van der Waals surface area contributed by atoms with E-state index >= 15 is 0 Å². The lowest BCUT2D eigenvalue weighted by Gasteiger charge is -2.08. The van der Waals surface area contributed by atoms with E-state index in [1.165, 1.54) is 18.2 Å². The van der Waals surface area contributed by atoms with Gasteiger partial charge in [-0.2, -0.15) is 0 Å². The minimum atomic E-state index is -0.664. The predicted molar refractivity (Wildman–Crippen MR) is 73.4 cm³/mol. The summed E-state index contributed by atoms with van der Waals surface area (Å²) < 4.78 is 13.2. The van der Waals surface area contributed by atoms with Crippen molar-refractivity contribution >= 4 is 52.0 Å². The molecule has 94 valence electrons. The lowest BCUT2D eigenvalue weighted by atomic mass is 10.3. The molecule has 0 fully saturated rings. The molecule has 0 amide bonds. The zero-order chi connectivity index (χ0) is 13.3. The number of pyridine rings is 1. The van der Waals surface area contributed by atoms with E-state index in [0.29, 0.717) is 17.2 Å². The van der Waals surface area contributed by atoms with Crippen molar-refractivity contribution in [3.8, 4) is 0 Å². The fourth-order valence-corrected chi connectivity index (χ4v) is 2.06. The molecular formula is C11H7Cl3FN3. The number of hydrogen-bond donors (Lipinski definition) is 2. The molecule has 3 N–H and O–H groups in total. The van der Waals surface area contributed by atoms with Gasteiger partial charge in [-0.15, -0.1) is 0 Å². The topological polar surface area (TPSA) is 50.9 Å². The summed E-state index contributed by atoms with van der Waals surface area (Å²) >= 11 is 17.1. The van der Waals surface area contributed by atoms with Crippen molar-refractivity contribution < 1.29 is 4.39 Å². The van der Waals surface area contributed by atoms with Gasteiger partial charge in [0.05, 0.1) is 10.0 Å². The molecule has 0 radical (unpaired) electrons. The lowest BCUT2D eigenvalue weighted by Crippen LogP contribution is -1.96. The molecule has 0 unspecified atom stereocenters. The number of hydrogen-bond acceptors (Lipinski definition) is 3. The summed E-state index contributed by atoms with van der Waals surface area (Å²) in [7, 11) is 0. The van der Waals surface area contributed by atoms with Crippen molar-refractivity contribution in [2.24, 2.45) is 0 Å². The standard InChI is InChI=1S/C11H7Cl3FN3/c12-7-3-6(4-8(13)11(7)15)17-10-2-5(16)1-9(14)18-10/h1-4H,(H3,16,17,18). The first-order valence-electron chi connectivity index (χ1n) is 4.80. The van der Waals surface area contributed by atoms with Gasteiger partial charge in [-0.05, 0) is 18.2 Å². The van der Waals surface area contributed by atoms with E-state index in [1.807, 2.05) is 0 Å². The Kier molecular flexibility index (Phi) is 3.80. The second-order valence-electron chi connectivity index (χ2n) is 3.49. The smallest absolute Gasteiger partial charge is 0.160 e. The number of aromatic nitrogens is 1. The highest BCUT2D eigenvalue weighted by atomic mass is 35.5. The fraction of sp³-hybridized carbons (Fsp3) is 0. The van der Waals surface area contributed by atoms with Crippen LogP contribution in [-0.4, -0.2) is 4.98 Å². The highest BCUT2D eigenvalue weighted by Crippen LogP contribution is 2.29. The molecule has 2 aromatic rings. The number of nitrogens with zero attached hydrogens (tertiary/aromatic N) is 1. The molecule has 0 aliphatic heterocycles. The molecule has 0 saturated heterocycles. The Morgan fingerprint density at radius 3 is 2.22 bits per heavy atom. The molecule has 0 aliphatic carbocycles. The number of halogens is 4. The Labute approximate surface area is 118 Å². The third kappa shape index (κ3) is 2.96. The molecule has 18 heavy (non-hydrogen) atoms. The molecule has 0 atom stereocenters. The van der Waals surface area contributed by atoms with E-state index in [-0.39, 0.29) is 15.2 Å². The molecule has 3 nitrogen and oxygen atoms in total. The number of anilines is 3. The van der Waals surface area contributed by atoms with Crippen LogP contribution >= 0.6 is 34.8 Å². The van der Waals surface area contributed by atoms with Crippen LogP contribution in [0.3, 0.4) is 0 Å². The van der Waals surface area contributed by atoms with Crippen LogP contribution in [0.25, 0.3) is 0 Å². The predicted octanol–water partition coefficient (Wildman–Crippen LogP) is 4.51. The SMILES string of the molecule is Nc1cc(Cl)nc(Nc2cc(Cl)c(F)c(Cl)c2)c1. The minimum absolute atomic E-state index is 0.0833. The van der Waals surface area contributed by atoms with Crippen LogP contribution in [0, 0.1) is 5.82 Å². The van der Waals surface area contributed by atoms with Gasteiger partial charge in [-0.25, -0.2) is 9.37 Å². The largest absolute Gasteiger partial charge is 0.399 e. The number of nitrogens with one attached hydrogen (secondary N) is 1. The molecule has 0 saturated carbocycles. The Morgan fingerprint density at radius 1 is 1.06 bits per heavy atom. The van der Waals surface area contributed by atoms with Gasteiger partial charge in [0.2, 0.25) is 0 Å². The van der Waals surface area contributed by atoms with Gasteiger partial charge in [0.15, 0.2) is 5.82 Å².